The number of rotatable bonds is 5. The summed E-state index contributed by atoms with van der Waals surface area (Å²) in [5.41, 5.74) is 4.26. The maximum atomic E-state index is 12.5. The van der Waals surface area contributed by atoms with Gasteiger partial charge in [-0.3, -0.25) is 9.59 Å². The summed E-state index contributed by atoms with van der Waals surface area (Å²) in [6, 6.07) is 13.5. The molecule has 2 aromatic carbocycles. The molecule has 26 heavy (non-hydrogen) atoms. The highest BCUT2D eigenvalue weighted by atomic mass is 35.5. The molecule has 0 spiro atoms. The van der Waals surface area contributed by atoms with E-state index in [1.165, 1.54) is 0 Å². The molecule has 1 heterocycles. The van der Waals surface area contributed by atoms with E-state index < -0.39 is 0 Å². The second-order valence-electron chi connectivity index (χ2n) is 6.79. The van der Waals surface area contributed by atoms with E-state index >= 15 is 0 Å². The zero-order valence-electron chi connectivity index (χ0n) is 15.1. The highest BCUT2D eigenvalue weighted by Gasteiger charge is 2.35. The topological polar surface area (TPSA) is 49.4 Å². The highest BCUT2D eigenvalue weighted by molar-refractivity contribution is 6.30. The number of nitrogens with zero attached hydrogens (tertiary/aromatic N) is 1. The van der Waals surface area contributed by atoms with Crippen molar-refractivity contribution < 1.29 is 9.59 Å². The first-order chi connectivity index (χ1) is 12.5. The Hall–Kier alpha value is -2.33. The summed E-state index contributed by atoms with van der Waals surface area (Å²) in [6.07, 6.45) is 1.00. The third kappa shape index (κ3) is 4.07. The summed E-state index contributed by atoms with van der Waals surface area (Å²) in [5.74, 6) is -0.343. The lowest BCUT2D eigenvalue weighted by molar-refractivity contribution is -0.126. The van der Waals surface area contributed by atoms with Gasteiger partial charge >= 0.3 is 0 Å². The Balaban J connectivity index is 1.57. The van der Waals surface area contributed by atoms with Crippen LogP contribution in [0.2, 0.25) is 5.02 Å². The minimum Gasteiger partial charge on any atom is -0.355 e. The molecule has 1 atom stereocenters. The number of hydrogen-bond donors (Lipinski definition) is 1. The Kier molecular flexibility index (Phi) is 5.62. The van der Waals surface area contributed by atoms with Gasteiger partial charge in [-0.2, -0.15) is 0 Å². The Morgan fingerprint density at radius 2 is 1.92 bits per heavy atom. The summed E-state index contributed by atoms with van der Waals surface area (Å²) in [7, 11) is 0. The van der Waals surface area contributed by atoms with Crippen molar-refractivity contribution >= 4 is 29.1 Å². The summed E-state index contributed by atoms with van der Waals surface area (Å²) >= 11 is 5.87. The number of benzene rings is 2. The van der Waals surface area contributed by atoms with E-state index in [2.05, 4.69) is 5.32 Å². The Bertz CT molecular complexity index is 817. The van der Waals surface area contributed by atoms with Gasteiger partial charge in [0.1, 0.15) is 0 Å². The molecule has 0 aromatic heterocycles. The molecule has 1 aliphatic rings. The average molecular weight is 371 g/mol. The molecule has 1 saturated heterocycles. The molecular weight excluding hydrogens is 348 g/mol. The van der Waals surface area contributed by atoms with Crippen LogP contribution in [0.4, 0.5) is 5.69 Å². The van der Waals surface area contributed by atoms with Crippen LogP contribution >= 0.6 is 11.6 Å². The molecule has 1 aliphatic heterocycles. The fraction of sp³-hybridized carbons (Fsp3) is 0.333. The number of amides is 2. The van der Waals surface area contributed by atoms with Gasteiger partial charge in [-0.1, -0.05) is 35.9 Å². The van der Waals surface area contributed by atoms with Crippen LogP contribution < -0.4 is 10.2 Å². The number of carbonyl (C=O) groups is 2. The molecule has 0 aliphatic carbocycles. The summed E-state index contributed by atoms with van der Waals surface area (Å²) < 4.78 is 0. The first-order valence-corrected chi connectivity index (χ1v) is 9.22. The molecule has 1 N–H and O–H groups in total. The lowest BCUT2D eigenvalue weighted by atomic mass is 10.1. The van der Waals surface area contributed by atoms with Crippen molar-refractivity contribution in [2.24, 2.45) is 5.92 Å². The predicted molar refractivity (Wildman–Crippen MR) is 105 cm³/mol. The van der Waals surface area contributed by atoms with Gasteiger partial charge in [-0.15, -0.1) is 0 Å². The summed E-state index contributed by atoms with van der Waals surface area (Å²) in [5, 5.41) is 3.66. The van der Waals surface area contributed by atoms with Crippen molar-refractivity contribution in [1.82, 2.24) is 5.32 Å². The third-order valence-electron chi connectivity index (χ3n) is 4.99. The maximum absolute atomic E-state index is 12.5. The monoisotopic (exact) mass is 370 g/mol. The number of anilines is 1. The molecule has 0 bridgehead atoms. The van der Waals surface area contributed by atoms with Crippen LogP contribution in [-0.4, -0.2) is 24.9 Å². The smallest absolute Gasteiger partial charge is 0.227 e. The molecule has 5 heteroatoms. The second kappa shape index (κ2) is 7.92. The molecule has 0 saturated carbocycles. The van der Waals surface area contributed by atoms with Crippen LogP contribution in [-0.2, 0) is 16.0 Å². The third-order valence-corrected chi connectivity index (χ3v) is 5.24. The van der Waals surface area contributed by atoms with E-state index in [1.807, 2.05) is 56.3 Å². The first-order valence-electron chi connectivity index (χ1n) is 8.84. The van der Waals surface area contributed by atoms with Crippen LogP contribution in [0.25, 0.3) is 0 Å². The van der Waals surface area contributed by atoms with Gasteiger partial charge < -0.3 is 10.2 Å². The van der Waals surface area contributed by atoms with E-state index in [0.29, 0.717) is 18.1 Å². The van der Waals surface area contributed by atoms with Gasteiger partial charge in [0.25, 0.3) is 0 Å². The Labute approximate surface area is 159 Å². The number of carbonyl (C=O) groups excluding carboxylic acids is 2. The largest absolute Gasteiger partial charge is 0.355 e. The lowest BCUT2D eigenvalue weighted by Crippen LogP contribution is -2.34. The van der Waals surface area contributed by atoms with E-state index in [0.717, 1.165) is 28.8 Å². The minimum atomic E-state index is -0.298. The van der Waals surface area contributed by atoms with E-state index in [1.54, 1.807) is 4.90 Å². The van der Waals surface area contributed by atoms with Gasteiger partial charge in [-0.05, 0) is 55.2 Å². The molecule has 1 unspecified atom stereocenters. The molecule has 1 fully saturated rings. The minimum absolute atomic E-state index is 0.0107. The van der Waals surface area contributed by atoms with Crippen molar-refractivity contribution in [1.29, 1.82) is 0 Å². The number of nitrogens with one attached hydrogen (secondary N) is 1. The first kappa shape index (κ1) is 18.5. The quantitative estimate of drug-likeness (QED) is 0.873. The predicted octanol–water partition coefficient (Wildman–Crippen LogP) is 3.67. The molecule has 136 valence electrons. The fourth-order valence-electron chi connectivity index (χ4n) is 3.27. The van der Waals surface area contributed by atoms with Crippen LogP contribution in [0.3, 0.4) is 0 Å². The molecular formula is C21H23ClN2O2. The van der Waals surface area contributed by atoms with Crippen molar-refractivity contribution in [3.8, 4) is 0 Å². The zero-order valence-corrected chi connectivity index (χ0v) is 15.8. The van der Waals surface area contributed by atoms with E-state index in [-0.39, 0.29) is 24.2 Å². The fourth-order valence-corrected chi connectivity index (χ4v) is 3.40. The maximum Gasteiger partial charge on any atom is 0.227 e. The highest BCUT2D eigenvalue weighted by Crippen LogP contribution is 2.29. The van der Waals surface area contributed by atoms with Crippen molar-refractivity contribution in [2.75, 3.05) is 18.0 Å². The van der Waals surface area contributed by atoms with E-state index in [4.69, 9.17) is 11.6 Å². The zero-order chi connectivity index (χ0) is 18.7. The van der Waals surface area contributed by atoms with Crippen LogP contribution in [0.15, 0.2) is 42.5 Å². The molecule has 2 amide bonds. The van der Waals surface area contributed by atoms with Gasteiger partial charge in [-0.25, -0.2) is 0 Å². The normalized spacial score (nSPS) is 16.8. The molecule has 3 rings (SSSR count). The van der Waals surface area contributed by atoms with Gasteiger partial charge in [0, 0.05) is 30.2 Å². The number of halogens is 1. The van der Waals surface area contributed by atoms with Crippen molar-refractivity contribution in [3.63, 3.8) is 0 Å². The van der Waals surface area contributed by atoms with Crippen molar-refractivity contribution in [3.05, 3.63) is 64.2 Å². The summed E-state index contributed by atoms with van der Waals surface area (Å²) in [4.78, 5) is 26.6. The van der Waals surface area contributed by atoms with Crippen LogP contribution in [0.1, 0.15) is 23.1 Å². The van der Waals surface area contributed by atoms with Crippen LogP contribution in [0, 0.1) is 19.8 Å². The Morgan fingerprint density at radius 3 is 2.65 bits per heavy atom. The summed E-state index contributed by atoms with van der Waals surface area (Å²) in [6.45, 7) is 5.03. The molecule has 4 nitrogen and oxygen atoms in total. The Morgan fingerprint density at radius 1 is 1.19 bits per heavy atom. The van der Waals surface area contributed by atoms with Gasteiger partial charge in [0.2, 0.25) is 11.8 Å². The number of aryl methyl sites for hydroxylation is 1. The average Bonchev–Trinajstić information content (AvgIpc) is 3.01. The van der Waals surface area contributed by atoms with E-state index in [9.17, 15) is 9.59 Å². The van der Waals surface area contributed by atoms with Crippen molar-refractivity contribution in [2.45, 2.75) is 26.7 Å². The lowest BCUT2D eigenvalue weighted by Gasteiger charge is -2.20. The van der Waals surface area contributed by atoms with Gasteiger partial charge in [0.15, 0.2) is 0 Å². The number of hydrogen-bond acceptors (Lipinski definition) is 2. The SMILES string of the molecule is Cc1cccc(N2CC(C(=O)NCCc3ccc(Cl)cc3)CC2=O)c1C. The van der Waals surface area contributed by atoms with Crippen LogP contribution in [0.5, 0.6) is 0 Å². The second-order valence-corrected chi connectivity index (χ2v) is 7.23. The standard InChI is InChI=1S/C21H23ClN2O2/c1-14-4-3-5-19(15(14)2)24-13-17(12-20(24)25)21(26)23-11-10-16-6-8-18(22)9-7-16/h3-9,17H,10-13H2,1-2H3,(H,23,26). The van der Waals surface area contributed by atoms with Gasteiger partial charge in [0.05, 0.1) is 5.92 Å². The molecule has 0 radical (unpaired) electrons. The molecule has 2 aromatic rings.